The molecule has 2 aromatic rings. The molecule has 1 heterocycles. The largest absolute Gasteiger partial charge is 0.326 e. The molecule has 0 radical (unpaired) electrons. The van der Waals surface area contributed by atoms with Gasteiger partial charge in [0.25, 0.3) is 0 Å². The highest BCUT2D eigenvalue weighted by Crippen LogP contribution is 2.38. The summed E-state index contributed by atoms with van der Waals surface area (Å²) in [6.07, 6.45) is 0.378. The van der Waals surface area contributed by atoms with Gasteiger partial charge in [0, 0.05) is 17.0 Å². The van der Waals surface area contributed by atoms with E-state index in [9.17, 15) is 22.4 Å². The number of hydrogen-bond acceptors (Lipinski definition) is 5. The van der Waals surface area contributed by atoms with Gasteiger partial charge in [-0.1, -0.05) is 13.0 Å². The van der Waals surface area contributed by atoms with Crippen LogP contribution in [0.4, 0.5) is 15.8 Å². The molecule has 0 fully saturated rings. The van der Waals surface area contributed by atoms with E-state index in [2.05, 4.69) is 10.6 Å². The van der Waals surface area contributed by atoms with E-state index in [1.54, 1.807) is 19.1 Å². The summed E-state index contributed by atoms with van der Waals surface area (Å²) in [7, 11) is -3.69. The molecule has 0 aliphatic carbocycles. The zero-order valence-electron chi connectivity index (χ0n) is 16.0. The Morgan fingerprint density at radius 3 is 2.69 bits per heavy atom. The molecule has 29 heavy (non-hydrogen) atoms. The summed E-state index contributed by atoms with van der Waals surface area (Å²) < 4.78 is 38.9. The molecule has 1 aliphatic heterocycles. The first-order valence-corrected chi connectivity index (χ1v) is 11.6. The number of amides is 2. The number of carbonyl (C=O) groups is 2. The number of fused-ring (bicyclic) bond motifs is 1. The fourth-order valence-electron chi connectivity index (χ4n) is 2.82. The molecule has 3 rings (SSSR count). The summed E-state index contributed by atoms with van der Waals surface area (Å²) in [4.78, 5) is 24.8. The maximum absolute atomic E-state index is 13.6. The van der Waals surface area contributed by atoms with Crippen LogP contribution in [0.25, 0.3) is 0 Å². The highest BCUT2D eigenvalue weighted by atomic mass is 32.2. The number of halogens is 1. The summed E-state index contributed by atoms with van der Waals surface area (Å²) in [6, 6.07) is 8.81. The first kappa shape index (κ1) is 21.3. The molecule has 2 amide bonds. The van der Waals surface area contributed by atoms with Gasteiger partial charge in [0.15, 0.2) is 9.84 Å². The number of aryl methyl sites for hydroxylation is 1. The smallest absolute Gasteiger partial charge is 0.237 e. The van der Waals surface area contributed by atoms with E-state index in [1.165, 1.54) is 36.0 Å². The lowest BCUT2D eigenvalue weighted by Crippen LogP contribution is -2.28. The van der Waals surface area contributed by atoms with Crippen LogP contribution in [0.1, 0.15) is 25.3 Å². The molecule has 9 heteroatoms. The second-order valence-corrected chi connectivity index (χ2v) is 10.1. The van der Waals surface area contributed by atoms with Crippen molar-refractivity contribution in [1.29, 1.82) is 0 Å². The van der Waals surface area contributed by atoms with Gasteiger partial charge in [-0.05, 0) is 49.2 Å². The van der Waals surface area contributed by atoms with Crippen LogP contribution in [0.15, 0.2) is 46.2 Å². The van der Waals surface area contributed by atoms with Crippen molar-refractivity contribution in [2.24, 2.45) is 0 Å². The second kappa shape index (κ2) is 8.54. The lowest BCUT2D eigenvalue weighted by molar-refractivity contribution is -0.116. The van der Waals surface area contributed by atoms with E-state index in [4.69, 9.17) is 0 Å². The average molecular weight is 437 g/mol. The Morgan fingerprint density at radius 2 is 2.00 bits per heavy atom. The topological polar surface area (TPSA) is 92.3 Å². The molecule has 2 aromatic carbocycles. The van der Waals surface area contributed by atoms with E-state index in [-0.39, 0.29) is 33.9 Å². The quantitative estimate of drug-likeness (QED) is 0.719. The second-order valence-electron chi connectivity index (χ2n) is 6.74. The number of nitrogens with one attached hydrogen (secondary N) is 2. The van der Waals surface area contributed by atoms with Gasteiger partial charge >= 0.3 is 0 Å². The summed E-state index contributed by atoms with van der Waals surface area (Å²) >= 11 is 1.33. The molecule has 1 aliphatic rings. The van der Waals surface area contributed by atoms with Crippen molar-refractivity contribution < 1.29 is 22.4 Å². The van der Waals surface area contributed by atoms with E-state index in [0.717, 1.165) is 0 Å². The van der Waals surface area contributed by atoms with Gasteiger partial charge in [0.05, 0.1) is 21.6 Å². The SMILES string of the molecule is CCC1Sc2cc(S(=O)(=O)CCC(=O)Nc3ccc(C)c(F)c3)ccc2NC1=O. The van der Waals surface area contributed by atoms with Crippen LogP contribution in [0.3, 0.4) is 0 Å². The molecule has 2 N–H and O–H groups in total. The molecule has 0 aromatic heterocycles. The summed E-state index contributed by atoms with van der Waals surface area (Å²) in [5.41, 5.74) is 1.32. The summed E-state index contributed by atoms with van der Waals surface area (Å²) in [6.45, 7) is 3.50. The lowest BCUT2D eigenvalue weighted by atomic mass is 10.2. The van der Waals surface area contributed by atoms with Crippen LogP contribution in [0.5, 0.6) is 0 Å². The number of hydrogen-bond donors (Lipinski definition) is 2. The first-order valence-electron chi connectivity index (χ1n) is 9.10. The van der Waals surface area contributed by atoms with Crippen molar-refractivity contribution in [1.82, 2.24) is 0 Å². The van der Waals surface area contributed by atoms with E-state index in [1.807, 2.05) is 6.92 Å². The van der Waals surface area contributed by atoms with Crippen LogP contribution in [-0.4, -0.2) is 31.2 Å². The fourth-order valence-corrected chi connectivity index (χ4v) is 5.24. The monoisotopic (exact) mass is 436 g/mol. The minimum absolute atomic E-state index is 0.0928. The number of benzene rings is 2. The summed E-state index contributed by atoms with van der Waals surface area (Å²) in [5.74, 6) is -1.42. The van der Waals surface area contributed by atoms with Gasteiger partial charge in [-0.3, -0.25) is 9.59 Å². The van der Waals surface area contributed by atoms with Gasteiger partial charge in [0.1, 0.15) is 5.82 Å². The standard InChI is InChI=1S/C20H21FN2O4S2/c1-3-17-20(25)23-16-7-6-14(11-18(16)28-17)29(26,27)9-8-19(24)22-13-5-4-12(2)15(21)10-13/h4-7,10-11,17H,3,8-9H2,1-2H3,(H,22,24)(H,23,25). The van der Waals surface area contributed by atoms with Gasteiger partial charge in [-0.15, -0.1) is 11.8 Å². The van der Waals surface area contributed by atoms with E-state index < -0.39 is 21.6 Å². The van der Waals surface area contributed by atoms with Crippen LogP contribution in [0, 0.1) is 12.7 Å². The van der Waals surface area contributed by atoms with Crippen molar-refractivity contribution in [2.45, 2.75) is 41.7 Å². The highest BCUT2D eigenvalue weighted by molar-refractivity contribution is 8.01. The minimum atomic E-state index is -3.69. The maximum Gasteiger partial charge on any atom is 0.237 e. The van der Waals surface area contributed by atoms with Gasteiger partial charge < -0.3 is 10.6 Å². The fraction of sp³-hybridized carbons (Fsp3) is 0.300. The van der Waals surface area contributed by atoms with Crippen LogP contribution in [0.2, 0.25) is 0 Å². The number of carbonyl (C=O) groups excluding carboxylic acids is 2. The lowest BCUT2D eigenvalue weighted by Gasteiger charge is -2.23. The molecular weight excluding hydrogens is 415 g/mol. The Hall–Kier alpha value is -2.39. The maximum atomic E-state index is 13.6. The highest BCUT2D eigenvalue weighted by Gasteiger charge is 2.27. The zero-order valence-corrected chi connectivity index (χ0v) is 17.6. The Bertz CT molecular complexity index is 1070. The first-order chi connectivity index (χ1) is 13.7. The average Bonchev–Trinajstić information content (AvgIpc) is 2.68. The number of thioether (sulfide) groups is 1. The predicted molar refractivity (Wildman–Crippen MR) is 111 cm³/mol. The molecule has 154 valence electrons. The Kier molecular flexibility index (Phi) is 6.28. The molecule has 0 bridgehead atoms. The molecular formula is C20H21FN2O4S2. The van der Waals surface area contributed by atoms with E-state index >= 15 is 0 Å². The third kappa shape index (κ3) is 4.97. The van der Waals surface area contributed by atoms with Crippen molar-refractivity contribution in [3.8, 4) is 0 Å². The van der Waals surface area contributed by atoms with Crippen LogP contribution in [-0.2, 0) is 19.4 Å². The molecule has 0 saturated carbocycles. The number of rotatable bonds is 6. The van der Waals surface area contributed by atoms with Crippen molar-refractivity contribution >= 4 is 44.8 Å². The summed E-state index contributed by atoms with van der Waals surface area (Å²) in [5, 5.41) is 5.02. The Morgan fingerprint density at radius 1 is 1.24 bits per heavy atom. The molecule has 1 atom stereocenters. The van der Waals surface area contributed by atoms with Gasteiger partial charge in [0.2, 0.25) is 11.8 Å². The molecule has 6 nitrogen and oxygen atoms in total. The van der Waals surface area contributed by atoms with Crippen LogP contribution < -0.4 is 10.6 Å². The molecule has 0 saturated heterocycles. The van der Waals surface area contributed by atoms with Gasteiger partial charge in [-0.25, -0.2) is 12.8 Å². The Labute approximate surface area is 173 Å². The third-order valence-electron chi connectivity index (χ3n) is 4.56. The Balaban J connectivity index is 1.67. The number of anilines is 2. The predicted octanol–water partition coefficient (Wildman–Crippen LogP) is 3.76. The third-order valence-corrected chi connectivity index (χ3v) is 7.69. The van der Waals surface area contributed by atoms with Crippen molar-refractivity contribution in [2.75, 3.05) is 16.4 Å². The number of sulfone groups is 1. The molecule has 1 unspecified atom stereocenters. The molecule has 0 spiro atoms. The van der Waals surface area contributed by atoms with Crippen molar-refractivity contribution in [3.63, 3.8) is 0 Å². The normalized spacial score (nSPS) is 16.1. The van der Waals surface area contributed by atoms with Crippen LogP contribution >= 0.6 is 11.8 Å². The zero-order chi connectivity index (χ0) is 21.2. The minimum Gasteiger partial charge on any atom is -0.326 e. The van der Waals surface area contributed by atoms with E-state index in [0.29, 0.717) is 22.6 Å². The van der Waals surface area contributed by atoms with Gasteiger partial charge in [-0.2, -0.15) is 0 Å². The van der Waals surface area contributed by atoms with Crippen molar-refractivity contribution in [3.05, 3.63) is 47.8 Å².